The number of hydrogen-bond acceptors (Lipinski definition) is 2. The number of allylic oxidation sites excluding steroid dienone is 2. The summed E-state index contributed by atoms with van der Waals surface area (Å²) in [5.41, 5.74) is 0.876. The van der Waals surface area contributed by atoms with Crippen LogP contribution in [0.1, 0.15) is 59.3 Å². The van der Waals surface area contributed by atoms with Crippen LogP contribution in [0.25, 0.3) is 0 Å². The Morgan fingerprint density at radius 3 is 2.75 bits per heavy atom. The Morgan fingerprint density at radius 1 is 1.50 bits per heavy atom. The maximum Gasteiger partial charge on any atom is 0.126 e. The predicted octanol–water partition coefficient (Wildman–Crippen LogP) is 4.01. The molecular formula is C14H24O2. The number of hydrogen-bond donors (Lipinski definition) is 1. The van der Waals surface area contributed by atoms with E-state index in [-0.39, 0.29) is 5.41 Å². The first-order valence-electron chi connectivity index (χ1n) is 6.33. The Labute approximate surface area is 98.7 Å². The van der Waals surface area contributed by atoms with Crippen molar-refractivity contribution < 1.29 is 9.90 Å². The Bertz CT molecular complexity index is 278. The average Bonchev–Trinajstić information content (AvgIpc) is 2.23. The summed E-state index contributed by atoms with van der Waals surface area (Å²) in [6, 6.07) is 0. The second-order valence-corrected chi connectivity index (χ2v) is 5.78. The van der Waals surface area contributed by atoms with Gasteiger partial charge in [-0.15, -0.1) is 0 Å². The molecule has 0 radical (unpaired) electrons. The van der Waals surface area contributed by atoms with E-state index in [9.17, 15) is 9.90 Å². The van der Waals surface area contributed by atoms with Gasteiger partial charge in [0.25, 0.3) is 0 Å². The Morgan fingerprint density at radius 2 is 2.19 bits per heavy atom. The molecular weight excluding hydrogens is 200 g/mol. The van der Waals surface area contributed by atoms with Crippen molar-refractivity contribution in [2.75, 3.05) is 0 Å². The molecule has 1 aliphatic carbocycles. The molecule has 0 spiro atoms. The molecule has 2 heteroatoms. The molecule has 0 aromatic rings. The standard InChI is InChI=1S/C14H24O2/c1-11(2)5-4-6-12-9-14(3,10-15)8-7-13(12)16/h10-11,16H,4-9H2,1-3H3. The molecule has 1 aliphatic rings. The van der Waals surface area contributed by atoms with Gasteiger partial charge in [-0.05, 0) is 37.2 Å². The molecule has 0 aromatic carbocycles. The van der Waals surface area contributed by atoms with Crippen molar-refractivity contribution in [1.29, 1.82) is 0 Å². The first-order valence-corrected chi connectivity index (χ1v) is 6.33. The van der Waals surface area contributed by atoms with Gasteiger partial charge in [0.15, 0.2) is 0 Å². The van der Waals surface area contributed by atoms with Crippen molar-refractivity contribution in [2.45, 2.75) is 59.3 Å². The highest BCUT2D eigenvalue weighted by Crippen LogP contribution is 2.38. The molecule has 0 saturated carbocycles. The van der Waals surface area contributed by atoms with Gasteiger partial charge >= 0.3 is 0 Å². The van der Waals surface area contributed by atoms with E-state index in [2.05, 4.69) is 13.8 Å². The largest absolute Gasteiger partial charge is 0.512 e. The smallest absolute Gasteiger partial charge is 0.126 e. The molecule has 1 N–H and O–H groups in total. The van der Waals surface area contributed by atoms with Crippen LogP contribution >= 0.6 is 0 Å². The lowest BCUT2D eigenvalue weighted by Crippen LogP contribution is -2.23. The molecule has 0 heterocycles. The monoisotopic (exact) mass is 224 g/mol. The highest BCUT2D eigenvalue weighted by atomic mass is 16.3. The van der Waals surface area contributed by atoms with Crippen LogP contribution in [-0.2, 0) is 4.79 Å². The average molecular weight is 224 g/mol. The Balaban J connectivity index is 2.53. The highest BCUT2D eigenvalue weighted by Gasteiger charge is 2.30. The normalized spacial score (nSPS) is 26.2. The van der Waals surface area contributed by atoms with Gasteiger partial charge in [0.05, 0.1) is 5.76 Å². The van der Waals surface area contributed by atoms with Crippen molar-refractivity contribution in [3.8, 4) is 0 Å². The second kappa shape index (κ2) is 5.51. The van der Waals surface area contributed by atoms with Crippen LogP contribution in [-0.4, -0.2) is 11.4 Å². The summed E-state index contributed by atoms with van der Waals surface area (Å²) >= 11 is 0. The van der Waals surface area contributed by atoms with Gasteiger partial charge in [0.1, 0.15) is 6.29 Å². The van der Waals surface area contributed by atoms with E-state index in [1.54, 1.807) is 0 Å². The summed E-state index contributed by atoms with van der Waals surface area (Å²) in [6.45, 7) is 6.42. The molecule has 1 rings (SSSR count). The Hall–Kier alpha value is -0.790. The number of carbonyl (C=O) groups excluding carboxylic acids is 1. The van der Waals surface area contributed by atoms with Crippen LogP contribution in [0.3, 0.4) is 0 Å². The van der Waals surface area contributed by atoms with Crippen LogP contribution in [0.15, 0.2) is 11.3 Å². The van der Waals surface area contributed by atoms with E-state index in [0.717, 1.165) is 37.5 Å². The fourth-order valence-corrected chi connectivity index (χ4v) is 2.32. The fraction of sp³-hybridized carbons (Fsp3) is 0.786. The fourth-order valence-electron chi connectivity index (χ4n) is 2.32. The molecule has 0 bridgehead atoms. The molecule has 0 aliphatic heterocycles. The molecule has 0 fully saturated rings. The van der Waals surface area contributed by atoms with Crippen LogP contribution in [0.2, 0.25) is 0 Å². The highest BCUT2D eigenvalue weighted by molar-refractivity contribution is 5.60. The second-order valence-electron chi connectivity index (χ2n) is 5.78. The van der Waals surface area contributed by atoms with Gasteiger partial charge in [0.2, 0.25) is 0 Å². The lowest BCUT2D eigenvalue weighted by Gasteiger charge is -2.30. The minimum Gasteiger partial charge on any atom is -0.512 e. The lowest BCUT2D eigenvalue weighted by atomic mass is 9.75. The van der Waals surface area contributed by atoms with Crippen LogP contribution in [0.4, 0.5) is 0 Å². The molecule has 0 saturated heterocycles. The van der Waals surface area contributed by atoms with Gasteiger partial charge in [-0.2, -0.15) is 0 Å². The molecule has 2 nitrogen and oxygen atoms in total. The van der Waals surface area contributed by atoms with E-state index in [0.29, 0.717) is 18.1 Å². The summed E-state index contributed by atoms with van der Waals surface area (Å²) in [5.74, 6) is 1.26. The van der Waals surface area contributed by atoms with Crippen LogP contribution in [0.5, 0.6) is 0 Å². The summed E-state index contributed by atoms with van der Waals surface area (Å²) in [4.78, 5) is 11.0. The summed E-state index contributed by atoms with van der Waals surface area (Å²) in [6.07, 6.45) is 6.53. The van der Waals surface area contributed by atoms with Gasteiger partial charge in [-0.25, -0.2) is 0 Å². The summed E-state index contributed by atoms with van der Waals surface area (Å²) in [5, 5.41) is 9.83. The van der Waals surface area contributed by atoms with E-state index >= 15 is 0 Å². The van der Waals surface area contributed by atoms with Crippen LogP contribution < -0.4 is 0 Å². The quantitative estimate of drug-likeness (QED) is 0.716. The van der Waals surface area contributed by atoms with E-state index in [4.69, 9.17) is 0 Å². The molecule has 0 amide bonds. The predicted molar refractivity (Wildman–Crippen MR) is 66.4 cm³/mol. The summed E-state index contributed by atoms with van der Waals surface area (Å²) in [7, 11) is 0. The zero-order chi connectivity index (χ0) is 12.2. The van der Waals surface area contributed by atoms with Gasteiger partial charge < -0.3 is 9.90 Å². The molecule has 1 atom stereocenters. The lowest BCUT2D eigenvalue weighted by molar-refractivity contribution is -0.116. The van der Waals surface area contributed by atoms with Crippen molar-refractivity contribution in [2.24, 2.45) is 11.3 Å². The van der Waals surface area contributed by atoms with Crippen molar-refractivity contribution >= 4 is 6.29 Å². The van der Waals surface area contributed by atoms with Gasteiger partial charge in [-0.1, -0.05) is 27.2 Å². The van der Waals surface area contributed by atoms with E-state index in [1.165, 1.54) is 6.42 Å². The zero-order valence-electron chi connectivity index (χ0n) is 10.8. The van der Waals surface area contributed by atoms with Gasteiger partial charge in [0, 0.05) is 11.8 Å². The number of rotatable bonds is 5. The zero-order valence-corrected chi connectivity index (χ0v) is 10.8. The minimum atomic E-state index is -0.237. The molecule has 92 valence electrons. The minimum absolute atomic E-state index is 0.237. The van der Waals surface area contributed by atoms with E-state index < -0.39 is 0 Å². The molecule has 16 heavy (non-hydrogen) atoms. The SMILES string of the molecule is CC(C)CCCC1=C(O)CCC(C)(C=O)C1. The third-order valence-electron chi connectivity index (χ3n) is 3.50. The first-order chi connectivity index (χ1) is 7.47. The molecule has 0 aromatic heterocycles. The van der Waals surface area contributed by atoms with Crippen molar-refractivity contribution in [3.63, 3.8) is 0 Å². The summed E-state index contributed by atoms with van der Waals surface area (Å²) < 4.78 is 0. The van der Waals surface area contributed by atoms with E-state index in [1.807, 2.05) is 6.92 Å². The molecule has 1 unspecified atom stereocenters. The van der Waals surface area contributed by atoms with Crippen molar-refractivity contribution in [3.05, 3.63) is 11.3 Å². The van der Waals surface area contributed by atoms with Gasteiger partial charge in [-0.3, -0.25) is 0 Å². The van der Waals surface area contributed by atoms with Crippen molar-refractivity contribution in [1.82, 2.24) is 0 Å². The number of aliphatic hydroxyl groups is 1. The number of aliphatic hydroxyl groups excluding tert-OH is 1. The third-order valence-corrected chi connectivity index (χ3v) is 3.50. The maximum atomic E-state index is 11.0. The topological polar surface area (TPSA) is 37.3 Å². The third kappa shape index (κ3) is 3.66. The maximum absolute atomic E-state index is 11.0. The number of carbonyl (C=O) groups is 1. The van der Waals surface area contributed by atoms with Crippen LogP contribution in [0, 0.1) is 11.3 Å². The first kappa shape index (κ1) is 13.3. The number of aldehydes is 1. The Kier molecular flexibility index (Phi) is 4.57.